The summed E-state index contributed by atoms with van der Waals surface area (Å²) in [6, 6.07) is 9.73. The van der Waals surface area contributed by atoms with Crippen LogP contribution in [0.15, 0.2) is 65.8 Å². The molecule has 5 rings (SSSR count). The van der Waals surface area contributed by atoms with Gasteiger partial charge in [0, 0.05) is 29.6 Å². The van der Waals surface area contributed by atoms with Crippen LogP contribution in [0.5, 0.6) is 5.88 Å². The molecule has 0 spiro atoms. The third kappa shape index (κ3) is 5.48. The Morgan fingerprint density at radius 3 is 2.54 bits per heavy atom. The molecule has 0 radical (unpaired) electrons. The Bertz CT molecular complexity index is 1620. The molecule has 0 amide bonds. The number of anilines is 1. The highest BCUT2D eigenvalue weighted by Gasteiger charge is 2.26. The molecule has 3 heterocycles. The molecule has 0 aliphatic carbocycles. The van der Waals surface area contributed by atoms with Crippen molar-refractivity contribution in [3.05, 3.63) is 78.4 Å². The Morgan fingerprint density at radius 2 is 1.79 bits per heavy atom. The number of hydrogen-bond acceptors (Lipinski definition) is 6. The lowest BCUT2D eigenvalue weighted by Crippen LogP contribution is -2.31. The van der Waals surface area contributed by atoms with Gasteiger partial charge >= 0.3 is 0 Å². The Morgan fingerprint density at radius 1 is 1.03 bits per heavy atom. The van der Waals surface area contributed by atoms with E-state index >= 15 is 4.39 Å². The smallest absolute Gasteiger partial charge is 0.265 e. The third-order valence-corrected chi connectivity index (χ3v) is 8.11. The van der Waals surface area contributed by atoms with Gasteiger partial charge < -0.3 is 9.64 Å². The summed E-state index contributed by atoms with van der Waals surface area (Å²) in [6.07, 6.45) is 5.13. The van der Waals surface area contributed by atoms with E-state index in [1.54, 1.807) is 18.3 Å². The number of sulfonamides is 1. The number of methoxy groups -OCH3 is 1. The number of halogens is 3. The first-order chi connectivity index (χ1) is 18.7. The van der Waals surface area contributed by atoms with Crippen LogP contribution < -0.4 is 9.46 Å². The van der Waals surface area contributed by atoms with Gasteiger partial charge in [-0.2, -0.15) is 5.10 Å². The van der Waals surface area contributed by atoms with Gasteiger partial charge in [0.1, 0.15) is 22.2 Å². The van der Waals surface area contributed by atoms with Crippen LogP contribution in [-0.2, 0) is 10.0 Å². The first-order valence-corrected chi connectivity index (χ1v) is 13.7. The quantitative estimate of drug-likeness (QED) is 0.340. The maximum atomic E-state index is 15.9. The monoisotopic (exact) mass is 557 g/mol. The van der Waals surface area contributed by atoms with E-state index in [0.29, 0.717) is 29.1 Å². The zero-order chi connectivity index (χ0) is 27.7. The maximum Gasteiger partial charge on any atom is 0.265 e. The second-order valence-electron chi connectivity index (χ2n) is 9.34. The van der Waals surface area contributed by atoms with Crippen molar-refractivity contribution >= 4 is 15.7 Å². The molecule has 8 nitrogen and oxygen atoms in total. The maximum absolute atomic E-state index is 15.9. The van der Waals surface area contributed by atoms with E-state index in [1.807, 2.05) is 10.9 Å². The second-order valence-corrected chi connectivity index (χ2v) is 11.0. The van der Waals surface area contributed by atoms with Crippen LogP contribution in [0.1, 0.15) is 18.9 Å². The zero-order valence-corrected chi connectivity index (χ0v) is 22.1. The van der Waals surface area contributed by atoms with Crippen LogP contribution in [0.3, 0.4) is 0 Å². The molecule has 1 saturated heterocycles. The average molecular weight is 558 g/mol. The first-order valence-electron chi connectivity index (χ1n) is 12.2. The fraction of sp³-hybridized carbons (Fsp3) is 0.259. The normalized spacial score (nSPS) is 14.9. The molecule has 2 aromatic heterocycles. The van der Waals surface area contributed by atoms with E-state index in [0.717, 1.165) is 32.0 Å². The Hall–Kier alpha value is -3.90. The summed E-state index contributed by atoms with van der Waals surface area (Å²) in [7, 11) is -1.09. The van der Waals surface area contributed by atoms with E-state index in [4.69, 9.17) is 9.84 Å². The highest BCUT2D eigenvalue weighted by Crippen LogP contribution is 2.37. The van der Waals surface area contributed by atoms with Crippen LogP contribution in [-0.4, -0.2) is 55.3 Å². The van der Waals surface area contributed by atoms with E-state index < -0.39 is 38.1 Å². The average Bonchev–Trinajstić information content (AvgIpc) is 3.37. The van der Waals surface area contributed by atoms with Gasteiger partial charge in [0.05, 0.1) is 18.8 Å². The van der Waals surface area contributed by atoms with Crippen LogP contribution in [0.2, 0.25) is 0 Å². The molecular formula is C27H26F3N5O3S. The third-order valence-electron chi connectivity index (χ3n) is 6.73. The molecule has 0 atom stereocenters. The lowest BCUT2D eigenvalue weighted by Gasteiger charge is -2.29. The molecule has 204 valence electrons. The largest absolute Gasteiger partial charge is 0.481 e. The number of nitrogens with one attached hydrogen (secondary N) is 1. The predicted molar refractivity (Wildman–Crippen MR) is 140 cm³/mol. The number of piperidine rings is 1. The highest BCUT2D eigenvalue weighted by atomic mass is 32.2. The number of ether oxygens (including phenoxy) is 1. The number of nitrogens with zero attached hydrogens (tertiary/aromatic N) is 4. The van der Waals surface area contributed by atoms with Gasteiger partial charge in [0.25, 0.3) is 10.0 Å². The van der Waals surface area contributed by atoms with Crippen molar-refractivity contribution in [2.24, 2.45) is 0 Å². The number of likely N-dealkylation sites (tertiary alicyclic amines) is 1. The lowest BCUT2D eigenvalue weighted by atomic mass is 10.0. The topological polar surface area (TPSA) is 89.4 Å². The summed E-state index contributed by atoms with van der Waals surface area (Å²) in [5.41, 5.74) is 1.18. The van der Waals surface area contributed by atoms with Gasteiger partial charge in [0.2, 0.25) is 5.88 Å². The number of benzene rings is 2. The fourth-order valence-electron chi connectivity index (χ4n) is 4.61. The minimum absolute atomic E-state index is 0.0346. The van der Waals surface area contributed by atoms with Crippen LogP contribution >= 0.6 is 0 Å². The number of rotatable bonds is 7. The second kappa shape index (κ2) is 10.7. The lowest BCUT2D eigenvalue weighted by molar-refractivity contribution is 0.212. The molecule has 1 aliphatic heterocycles. The van der Waals surface area contributed by atoms with Gasteiger partial charge in [0.15, 0.2) is 5.82 Å². The number of aromatic nitrogens is 3. The van der Waals surface area contributed by atoms with Crippen LogP contribution in [0.4, 0.5) is 18.9 Å². The molecule has 1 fully saturated rings. The Balaban J connectivity index is 1.59. The summed E-state index contributed by atoms with van der Waals surface area (Å²) >= 11 is 0. The number of hydrogen-bond donors (Lipinski definition) is 1. The summed E-state index contributed by atoms with van der Waals surface area (Å²) < 4.78 is 78.6. The molecule has 0 saturated carbocycles. The van der Waals surface area contributed by atoms with Crippen LogP contribution in [0.25, 0.3) is 22.4 Å². The van der Waals surface area contributed by atoms with Gasteiger partial charge in [-0.05, 0) is 74.9 Å². The molecule has 4 aromatic rings. The van der Waals surface area contributed by atoms with Gasteiger partial charge in [-0.3, -0.25) is 9.40 Å². The summed E-state index contributed by atoms with van der Waals surface area (Å²) in [4.78, 5) is 5.44. The highest BCUT2D eigenvalue weighted by molar-refractivity contribution is 7.92. The summed E-state index contributed by atoms with van der Waals surface area (Å²) in [6.45, 7) is 1.78. The van der Waals surface area contributed by atoms with Crippen LogP contribution in [0, 0.1) is 17.5 Å². The predicted octanol–water partition coefficient (Wildman–Crippen LogP) is 5.11. The fourth-order valence-corrected chi connectivity index (χ4v) is 5.76. The zero-order valence-electron chi connectivity index (χ0n) is 21.2. The molecule has 1 N–H and O–H groups in total. The van der Waals surface area contributed by atoms with E-state index in [-0.39, 0.29) is 17.3 Å². The standard InChI is InChI=1S/C27H26F3N5O3S/c1-34-12-9-19(10-13-34)35-16-21(17-8-11-31-25(14-17)38-2)27(32-35)20-4-3-5-23(26(20)30)33-39(36,37)24-15-18(28)6-7-22(24)29/h3-8,11,14-16,19,33H,9-10,12-13H2,1-2H3. The molecule has 2 aromatic carbocycles. The van der Waals surface area contributed by atoms with Gasteiger partial charge in [-0.25, -0.2) is 26.6 Å². The molecule has 39 heavy (non-hydrogen) atoms. The molecule has 0 bridgehead atoms. The summed E-state index contributed by atoms with van der Waals surface area (Å²) in [5, 5.41) is 4.75. The molecule has 12 heteroatoms. The number of pyridine rings is 1. The SMILES string of the molecule is COc1cc(-c2cn(C3CCN(C)CC3)nc2-c2cccc(NS(=O)(=O)c3cc(F)ccc3F)c2F)ccn1. The first kappa shape index (κ1) is 26.7. The molecular weight excluding hydrogens is 531 g/mol. The molecule has 1 aliphatic rings. The molecule has 0 unspecified atom stereocenters. The van der Waals surface area contributed by atoms with E-state index in [2.05, 4.69) is 21.7 Å². The Labute approximate surface area is 224 Å². The minimum Gasteiger partial charge on any atom is -0.481 e. The van der Waals surface area contributed by atoms with Crippen molar-refractivity contribution in [1.82, 2.24) is 19.7 Å². The van der Waals surface area contributed by atoms with Crippen molar-refractivity contribution in [3.63, 3.8) is 0 Å². The minimum atomic E-state index is -4.64. The van der Waals surface area contributed by atoms with Crippen molar-refractivity contribution in [1.29, 1.82) is 0 Å². The van der Waals surface area contributed by atoms with Crippen molar-refractivity contribution in [2.75, 3.05) is 32.0 Å². The van der Waals surface area contributed by atoms with Crippen molar-refractivity contribution in [3.8, 4) is 28.3 Å². The summed E-state index contributed by atoms with van der Waals surface area (Å²) in [5.74, 6) is -2.65. The van der Waals surface area contributed by atoms with E-state index in [1.165, 1.54) is 25.3 Å². The van der Waals surface area contributed by atoms with Gasteiger partial charge in [-0.1, -0.05) is 6.07 Å². The van der Waals surface area contributed by atoms with Gasteiger partial charge in [-0.15, -0.1) is 0 Å². The Kier molecular flexibility index (Phi) is 7.32. The van der Waals surface area contributed by atoms with E-state index in [9.17, 15) is 17.2 Å². The van der Waals surface area contributed by atoms with Crippen molar-refractivity contribution < 1.29 is 26.3 Å². The van der Waals surface area contributed by atoms with Crippen molar-refractivity contribution in [2.45, 2.75) is 23.8 Å².